The molecule has 1 aromatic heterocycles. The first kappa shape index (κ1) is 33.0. The highest BCUT2D eigenvalue weighted by atomic mass is 31.2. The molecule has 0 amide bonds. The zero-order valence-electron chi connectivity index (χ0n) is 15.4. The molecule has 0 unspecified atom stereocenters. The van der Waals surface area contributed by atoms with Crippen molar-refractivity contribution in [3.63, 3.8) is 0 Å². The van der Waals surface area contributed by atoms with Crippen molar-refractivity contribution in [2.45, 2.75) is 24.9 Å². The predicted molar refractivity (Wildman–Crippen MR) is 97.3 cm³/mol. The summed E-state index contributed by atoms with van der Waals surface area (Å²) in [6, 6.07) is 0. The van der Waals surface area contributed by atoms with Crippen molar-refractivity contribution in [2.24, 2.45) is 0 Å². The molecule has 19 nitrogen and oxygen atoms in total. The second-order valence-corrected chi connectivity index (χ2v) is 8.40. The van der Waals surface area contributed by atoms with Gasteiger partial charge >= 0.3 is 29.2 Å². The van der Waals surface area contributed by atoms with Gasteiger partial charge in [0.15, 0.2) is 11.6 Å². The molecule has 0 aliphatic carbocycles. The summed E-state index contributed by atoms with van der Waals surface area (Å²) in [4.78, 5) is 79.4. The van der Waals surface area contributed by atoms with E-state index >= 15 is 0 Å². The number of nitrogen functional groups attached to an aromatic ring is 1. The van der Waals surface area contributed by atoms with Crippen LogP contribution in [0.2, 0.25) is 0 Å². The fraction of sp³-hybridized carbons (Fsp3) is 0.556. The third-order valence-electron chi connectivity index (χ3n) is 2.63. The van der Waals surface area contributed by atoms with Gasteiger partial charge < -0.3 is 64.7 Å². The largest absolute Gasteiger partial charge is 0.466 e. The standard InChI is InChI=1S/C9H12FN3O4.3H3O4P/c10-4-2-13(9(16)12-8(4)11)7-1-5(15)6(3-14)17-7;3*1-5(2,3)4/h2,5-7,14-15H,1,3H2,(H2,11,12,16);3*(H3,1,2,3,4)/t5-,6+,7+;;;/m0.../s1. The molecule has 32 heavy (non-hydrogen) atoms. The summed E-state index contributed by atoms with van der Waals surface area (Å²) in [6.45, 7) is -0.378. The quantitative estimate of drug-likeness (QED) is 0.158. The first-order valence-electron chi connectivity index (χ1n) is 7.36. The molecular weight excluding hydrogens is 518 g/mol. The Balaban J connectivity index is 0. The molecule has 0 spiro atoms. The fourth-order valence-corrected chi connectivity index (χ4v) is 1.71. The van der Waals surface area contributed by atoms with Crippen LogP contribution >= 0.6 is 23.5 Å². The van der Waals surface area contributed by atoms with Crippen molar-refractivity contribution in [1.29, 1.82) is 0 Å². The molecule has 0 bridgehead atoms. The van der Waals surface area contributed by atoms with E-state index in [0.29, 0.717) is 0 Å². The summed E-state index contributed by atoms with van der Waals surface area (Å²) in [5.74, 6) is -1.32. The van der Waals surface area contributed by atoms with E-state index in [-0.39, 0.29) is 13.0 Å². The second kappa shape index (κ2) is 13.5. The molecule has 2 heterocycles. The lowest BCUT2D eigenvalue weighted by atomic mass is 10.2. The summed E-state index contributed by atoms with van der Waals surface area (Å²) in [6.07, 6.45) is -1.58. The molecule has 0 saturated carbocycles. The van der Waals surface area contributed by atoms with Crippen molar-refractivity contribution in [3.8, 4) is 0 Å². The van der Waals surface area contributed by atoms with Crippen LogP contribution in [0.25, 0.3) is 0 Å². The van der Waals surface area contributed by atoms with E-state index in [1.165, 1.54) is 0 Å². The normalized spacial score (nSPS) is 20.7. The molecule has 1 fully saturated rings. The van der Waals surface area contributed by atoms with Crippen LogP contribution in [0.4, 0.5) is 10.2 Å². The number of ether oxygens (including phenoxy) is 1. The third kappa shape index (κ3) is 20.7. The van der Waals surface area contributed by atoms with Crippen molar-refractivity contribution >= 4 is 29.3 Å². The Morgan fingerprint density at radius 3 is 1.72 bits per heavy atom. The molecule has 1 aliphatic heterocycles. The van der Waals surface area contributed by atoms with Crippen molar-refractivity contribution in [1.82, 2.24) is 9.55 Å². The average Bonchev–Trinajstić information content (AvgIpc) is 2.86. The van der Waals surface area contributed by atoms with Gasteiger partial charge in [0.05, 0.1) is 18.9 Å². The van der Waals surface area contributed by atoms with E-state index in [4.69, 9.17) is 73.3 Å². The van der Waals surface area contributed by atoms with E-state index in [9.17, 15) is 14.3 Å². The number of rotatable bonds is 2. The van der Waals surface area contributed by atoms with Crippen LogP contribution in [0.5, 0.6) is 0 Å². The molecule has 0 aromatic carbocycles. The van der Waals surface area contributed by atoms with E-state index < -0.39 is 59.2 Å². The Hall–Kier alpha value is -1.18. The number of aliphatic hydroxyl groups excluding tert-OH is 2. The zero-order chi connectivity index (χ0) is 26.1. The van der Waals surface area contributed by atoms with Gasteiger partial charge in [-0.1, -0.05) is 0 Å². The van der Waals surface area contributed by atoms with Gasteiger partial charge in [-0.15, -0.1) is 0 Å². The Morgan fingerprint density at radius 2 is 1.41 bits per heavy atom. The van der Waals surface area contributed by atoms with Crippen LogP contribution in [-0.2, 0) is 18.4 Å². The molecule has 1 aromatic rings. The molecule has 1 aliphatic rings. The predicted octanol–water partition coefficient (Wildman–Crippen LogP) is -4.18. The molecular formula is C9H21FN3O16P3. The van der Waals surface area contributed by atoms with Gasteiger partial charge in [0.1, 0.15) is 12.3 Å². The maximum absolute atomic E-state index is 13.2. The van der Waals surface area contributed by atoms with Gasteiger partial charge in [-0.2, -0.15) is 4.98 Å². The Bertz CT molecular complexity index is 837. The number of nitrogens with two attached hydrogens (primary N) is 1. The Labute approximate surface area is 176 Å². The number of nitrogens with zero attached hydrogens (tertiary/aromatic N) is 2. The van der Waals surface area contributed by atoms with Gasteiger partial charge in [0.2, 0.25) is 0 Å². The van der Waals surface area contributed by atoms with Crippen LogP contribution in [0.15, 0.2) is 11.0 Å². The molecule has 23 heteroatoms. The molecule has 2 rings (SSSR count). The molecule has 190 valence electrons. The maximum atomic E-state index is 13.2. The molecule has 13 N–H and O–H groups in total. The van der Waals surface area contributed by atoms with Crippen LogP contribution in [0, 0.1) is 5.82 Å². The van der Waals surface area contributed by atoms with E-state index in [1.54, 1.807) is 0 Å². The minimum atomic E-state index is -4.64. The number of anilines is 1. The molecule has 0 radical (unpaired) electrons. The zero-order valence-corrected chi connectivity index (χ0v) is 18.1. The summed E-state index contributed by atoms with van der Waals surface area (Å²) < 4.78 is 45.9. The minimum Gasteiger partial charge on any atom is -0.394 e. The number of hydrogen-bond acceptors (Lipinski definition) is 9. The number of aromatic nitrogens is 2. The highest BCUT2D eigenvalue weighted by Crippen LogP contribution is 2.28. The average molecular weight is 539 g/mol. The van der Waals surface area contributed by atoms with Crippen LogP contribution in [-0.4, -0.2) is 82.6 Å². The van der Waals surface area contributed by atoms with E-state index in [2.05, 4.69) is 4.98 Å². The van der Waals surface area contributed by atoms with Crippen molar-refractivity contribution in [2.75, 3.05) is 12.3 Å². The maximum Gasteiger partial charge on any atom is 0.466 e. The van der Waals surface area contributed by atoms with Crippen molar-refractivity contribution < 1.29 is 77.1 Å². The van der Waals surface area contributed by atoms with Gasteiger partial charge in [0, 0.05) is 6.42 Å². The minimum absolute atomic E-state index is 0.0795. The second-order valence-electron chi connectivity index (χ2n) is 5.32. The van der Waals surface area contributed by atoms with Crippen molar-refractivity contribution in [3.05, 3.63) is 22.5 Å². The van der Waals surface area contributed by atoms with E-state index in [0.717, 1.165) is 10.8 Å². The number of aliphatic hydroxyl groups is 2. The van der Waals surface area contributed by atoms with E-state index in [1.807, 2.05) is 0 Å². The van der Waals surface area contributed by atoms with Gasteiger partial charge in [-0.05, 0) is 0 Å². The third-order valence-corrected chi connectivity index (χ3v) is 2.63. The lowest BCUT2D eigenvalue weighted by Crippen LogP contribution is -2.29. The van der Waals surface area contributed by atoms with Crippen LogP contribution in [0.3, 0.4) is 0 Å². The number of halogens is 1. The summed E-state index contributed by atoms with van der Waals surface area (Å²) >= 11 is 0. The monoisotopic (exact) mass is 539 g/mol. The van der Waals surface area contributed by atoms with Crippen LogP contribution < -0.4 is 11.4 Å². The van der Waals surface area contributed by atoms with Crippen LogP contribution in [0.1, 0.15) is 12.6 Å². The molecule has 1 saturated heterocycles. The first-order chi connectivity index (χ1) is 14.0. The summed E-state index contributed by atoms with van der Waals surface area (Å²) in [5.41, 5.74) is 4.38. The summed E-state index contributed by atoms with van der Waals surface area (Å²) in [5, 5.41) is 18.4. The lowest BCUT2D eigenvalue weighted by molar-refractivity contribution is -0.0461. The number of phosphoric acid groups is 3. The Kier molecular flexibility index (Phi) is 13.9. The smallest absolute Gasteiger partial charge is 0.394 e. The number of hydrogen-bond donors (Lipinski definition) is 12. The lowest BCUT2D eigenvalue weighted by Gasteiger charge is -2.14. The highest BCUT2D eigenvalue weighted by molar-refractivity contribution is 7.45. The fourth-order valence-electron chi connectivity index (χ4n) is 1.71. The first-order valence-corrected chi connectivity index (χ1v) is 12.1. The topological polar surface area (TPSA) is 344 Å². The summed E-state index contributed by atoms with van der Waals surface area (Å²) in [7, 11) is -13.9. The molecule has 3 atom stereocenters. The van der Waals surface area contributed by atoms with Gasteiger partial charge in [0.25, 0.3) is 0 Å². The van der Waals surface area contributed by atoms with Gasteiger partial charge in [-0.3, -0.25) is 4.57 Å². The van der Waals surface area contributed by atoms with Gasteiger partial charge in [-0.25, -0.2) is 22.9 Å². The highest BCUT2D eigenvalue weighted by Gasteiger charge is 2.35. The SMILES string of the molecule is Nc1nc(=O)n([C@H]2C[C@H](O)[C@@H](CO)O2)cc1F.O=P(O)(O)O.O=P(O)(O)O.O=P(O)(O)O. The Morgan fingerprint density at radius 1 is 1.03 bits per heavy atom.